The van der Waals surface area contributed by atoms with Crippen molar-refractivity contribution in [2.75, 3.05) is 18.8 Å². The second kappa shape index (κ2) is 7.52. The third-order valence-electron chi connectivity index (χ3n) is 5.62. The van der Waals surface area contributed by atoms with Crippen molar-refractivity contribution >= 4 is 49.4 Å². The van der Waals surface area contributed by atoms with Crippen LogP contribution in [0.4, 0.5) is 0 Å². The number of carbonyl (C=O) groups is 1. The molecule has 1 amide bonds. The molecule has 0 bridgehead atoms. The van der Waals surface area contributed by atoms with Gasteiger partial charge in [-0.3, -0.25) is 4.79 Å². The first-order chi connectivity index (χ1) is 10.4. The van der Waals surface area contributed by atoms with Crippen molar-refractivity contribution in [2.45, 2.75) is 67.8 Å². The highest BCUT2D eigenvalue weighted by Crippen LogP contribution is 2.53. The summed E-state index contributed by atoms with van der Waals surface area (Å²) >= 11 is 5.56. The van der Waals surface area contributed by atoms with Crippen LogP contribution in [0.3, 0.4) is 0 Å². The highest BCUT2D eigenvalue weighted by molar-refractivity contribution is 8.33. The normalized spacial score (nSPS) is 24.6. The monoisotopic (exact) mass is 395 g/mol. The summed E-state index contributed by atoms with van der Waals surface area (Å²) in [5.74, 6) is -0.0799. The summed E-state index contributed by atoms with van der Waals surface area (Å²) in [7, 11) is -1.93. The van der Waals surface area contributed by atoms with Gasteiger partial charge < -0.3 is 9.67 Å². The van der Waals surface area contributed by atoms with Gasteiger partial charge in [-0.25, -0.2) is 0 Å². The number of β-lactam (4-membered cyclic amide) rings is 1. The molecule has 7 heteroatoms. The lowest BCUT2D eigenvalue weighted by Crippen LogP contribution is -2.75. The molecule has 1 saturated heterocycles. The summed E-state index contributed by atoms with van der Waals surface area (Å²) in [6.45, 7) is 13.1. The summed E-state index contributed by atoms with van der Waals surface area (Å²) in [5.41, 5.74) is 0. The number of rotatable bonds is 7. The van der Waals surface area contributed by atoms with Gasteiger partial charge in [0.25, 0.3) is 0 Å². The minimum Gasteiger partial charge on any atom is -0.393 e. The average molecular weight is 396 g/mol. The molecule has 0 aliphatic carbocycles. The van der Waals surface area contributed by atoms with Crippen LogP contribution in [-0.2, 0) is 4.79 Å². The fraction of sp³-hybridized carbons (Fsp3) is 0.938. The molecule has 0 radical (unpaired) electrons. The van der Waals surface area contributed by atoms with Crippen LogP contribution in [0.5, 0.6) is 0 Å². The number of aliphatic hydroxyl groups is 1. The van der Waals surface area contributed by atoms with Crippen LogP contribution in [0, 0.1) is 5.92 Å². The van der Waals surface area contributed by atoms with E-state index >= 15 is 0 Å². The SMILES string of the molecule is CSC(C[C@@H]1[C@@H]([C@@H](C)O)C(=O)N1[Si](C)(C)C(C)(C)C)(SC)SC. The number of thioether (sulfide) groups is 3. The molecule has 136 valence electrons. The molecule has 1 aliphatic rings. The Morgan fingerprint density at radius 1 is 1.17 bits per heavy atom. The van der Waals surface area contributed by atoms with E-state index < -0.39 is 14.3 Å². The van der Waals surface area contributed by atoms with Crippen molar-refractivity contribution in [3.8, 4) is 0 Å². The molecular formula is C16H33NO2S3Si. The van der Waals surface area contributed by atoms with Crippen LogP contribution in [0.15, 0.2) is 0 Å². The van der Waals surface area contributed by atoms with E-state index in [0.717, 1.165) is 6.42 Å². The zero-order chi connectivity index (χ0) is 18.2. The Kier molecular flexibility index (Phi) is 7.11. The Hall–Kier alpha value is 0.697. The van der Waals surface area contributed by atoms with E-state index in [0.29, 0.717) is 0 Å². The largest absolute Gasteiger partial charge is 0.393 e. The van der Waals surface area contributed by atoms with Gasteiger partial charge in [-0.2, -0.15) is 0 Å². The van der Waals surface area contributed by atoms with Gasteiger partial charge in [-0.1, -0.05) is 33.9 Å². The molecule has 1 N–H and O–H groups in total. The molecule has 0 aromatic carbocycles. The first kappa shape index (κ1) is 21.7. The summed E-state index contributed by atoms with van der Waals surface area (Å²) in [5, 5.41) is 10.3. The molecule has 1 heterocycles. The molecule has 0 aromatic rings. The Morgan fingerprint density at radius 3 is 1.91 bits per heavy atom. The van der Waals surface area contributed by atoms with Crippen LogP contribution in [0.25, 0.3) is 0 Å². The van der Waals surface area contributed by atoms with Crippen LogP contribution in [0.1, 0.15) is 34.1 Å². The number of hydrogen-bond acceptors (Lipinski definition) is 5. The molecular weight excluding hydrogens is 362 g/mol. The average Bonchev–Trinajstić information content (AvgIpc) is 2.41. The lowest BCUT2D eigenvalue weighted by Gasteiger charge is -2.60. The fourth-order valence-electron chi connectivity index (χ4n) is 3.12. The molecule has 0 aromatic heterocycles. The zero-order valence-electron chi connectivity index (χ0n) is 16.0. The summed E-state index contributed by atoms with van der Waals surface area (Å²) < 4.78 is 2.22. The van der Waals surface area contributed by atoms with Crippen molar-refractivity contribution in [2.24, 2.45) is 5.92 Å². The summed E-state index contributed by atoms with van der Waals surface area (Å²) in [6, 6.07) is 0.149. The standard InChI is InChI=1S/C16H33NO2S3Si/c1-11(18)13-12(10-16(20-5,21-6)22-7)17(14(13)19)23(8,9)15(2,3)4/h11-13,18H,10H2,1-9H3/t11-,12-,13-/m1/s1. The highest BCUT2D eigenvalue weighted by atomic mass is 32.3. The van der Waals surface area contributed by atoms with E-state index in [1.807, 2.05) is 35.3 Å². The van der Waals surface area contributed by atoms with E-state index in [1.54, 1.807) is 6.92 Å². The molecule has 1 fully saturated rings. The van der Waals surface area contributed by atoms with E-state index in [1.165, 1.54) is 0 Å². The van der Waals surface area contributed by atoms with Gasteiger partial charge in [-0.05, 0) is 30.7 Å². The maximum Gasteiger partial charge on any atom is 0.222 e. The fourth-order valence-corrected chi connectivity index (χ4v) is 8.64. The quantitative estimate of drug-likeness (QED) is 0.395. The van der Waals surface area contributed by atoms with Crippen molar-refractivity contribution in [3.63, 3.8) is 0 Å². The van der Waals surface area contributed by atoms with Gasteiger partial charge in [0.2, 0.25) is 5.91 Å². The first-order valence-corrected chi connectivity index (χ1v) is 14.7. The van der Waals surface area contributed by atoms with Crippen LogP contribution >= 0.6 is 35.3 Å². The lowest BCUT2D eigenvalue weighted by atomic mass is 9.84. The van der Waals surface area contributed by atoms with Gasteiger partial charge in [-0.15, -0.1) is 35.3 Å². The molecule has 0 spiro atoms. The molecule has 0 unspecified atom stereocenters. The minimum absolute atomic E-state index is 0.0408. The highest BCUT2D eigenvalue weighted by Gasteiger charge is 2.59. The van der Waals surface area contributed by atoms with Crippen LogP contribution < -0.4 is 0 Å². The molecule has 1 aliphatic heterocycles. The predicted octanol–water partition coefficient (Wildman–Crippen LogP) is 4.33. The van der Waals surface area contributed by atoms with Crippen molar-refractivity contribution in [1.29, 1.82) is 0 Å². The second-order valence-electron chi connectivity index (χ2n) is 7.85. The summed E-state index contributed by atoms with van der Waals surface area (Å²) in [6.07, 6.45) is 6.77. The van der Waals surface area contributed by atoms with Crippen molar-refractivity contribution in [3.05, 3.63) is 0 Å². The Bertz CT molecular complexity index is 425. The van der Waals surface area contributed by atoms with E-state index in [-0.39, 0.29) is 26.3 Å². The Balaban J connectivity index is 3.19. The third kappa shape index (κ3) is 3.94. The van der Waals surface area contributed by atoms with E-state index in [2.05, 4.69) is 57.2 Å². The Morgan fingerprint density at radius 2 is 1.61 bits per heavy atom. The van der Waals surface area contributed by atoms with E-state index in [4.69, 9.17) is 0 Å². The number of amides is 1. The number of hydrogen-bond donors (Lipinski definition) is 1. The lowest BCUT2D eigenvalue weighted by molar-refractivity contribution is -0.155. The predicted molar refractivity (Wildman–Crippen MR) is 111 cm³/mol. The van der Waals surface area contributed by atoms with Gasteiger partial charge >= 0.3 is 0 Å². The maximum absolute atomic E-state index is 12.8. The third-order valence-corrected chi connectivity index (χ3v) is 16.4. The first-order valence-electron chi connectivity index (χ1n) is 8.05. The van der Waals surface area contributed by atoms with Crippen LogP contribution in [-0.4, -0.2) is 58.1 Å². The maximum atomic E-state index is 12.8. The van der Waals surface area contributed by atoms with E-state index in [9.17, 15) is 9.90 Å². The van der Waals surface area contributed by atoms with Gasteiger partial charge in [0, 0.05) is 12.5 Å². The smallest absolute Gasteiger partial charge is 0.222 e. The van der Waals surface area contributed by atoms with Crippen LogP contribution in [0.2, 0.25) is 18.1 Å². The van der Waals surface area contributed by atoms with Gasteiger partial charge in [0.05, 0.1) is 12.0 Å². The Labute approximate surface area is 156 Å². The van der Waals surface area contributed by atoms with Crippen molar-refractivity contribution in [1.82, 2.24) is 4.57 Å². The van der Waals surface area contributed by atoms with Gasteiger partial charge in [0.1, 0.15) is 3.41 Å². The molecule has 23 heavy (non-hydrogen) atoms. The number of carbonyl (C=O) groups excluding carboxylic acids is 1. The molecule has 3 nitrogen and oxygen atoms in total. The molecule has 0 saturated carbocycles. The molecule has 1 rings (SSSR count). The minimum atomic E-state index is -1.93. The summed E-state index contributed by atoms with van der Waals surface area (Å²) in [4.78, 5) is 12.8. The van der Waals surface area contributed by atoms with Gasteiger partial charge in [0.15, 0.2) is 8.24 Å². The second-order valence-corrected chi connectivity index (χ2v) is 17.0. The van der Waals surface area contributed by atoms with Crippen molar-refractivity contribution < 1.29 is 9.90 Å². The topological polar surface area (TPSA) is 40.5 Å². The number of aliphatic hydroxyl groups excluding tert-OH is 1. The number of nitrogens with zero attached hydrogens (tertiary/aromatic N) is 1. The molecule has 3 atom stereocenters. The zero-order valence-corrected chi connectivity index (χ0v) is 19.4.